The summed E-state index contributed by atoms with van der Waals surface area (Å²) in [7, 11) is 0. The Labute approximate surface area is 139 Å². The van der Waals surface area contributed by atoms with Gasteiger partial charge in [-0.15, -0.1) is 0 Å². The van der Waals surface area contributed by atoms with Crippen molar-refractivity contribution in [1.82, 2.24) is 9.80 Å². The minimum Gasteiger partial charge on any atom is -0.399 e. The summed E-state index contributed by atoms with van der Waals surface area (Å²) in [5.74, 6) is 0.0599. The third-order valence-corrected chi connectivity index (χ3v) is 4.58. The molecule has 1 aliphatic heterocycles. The summed E-state index contributed by atoms with van der Waals surface area (Å²) in [5, 5.41) is 0. The molecule has 0 spiro atoms. The molecule has 0 aromatic heterocycles. The molecule has 0 aliphatic carbocycles. The van der Waals surface area contributed by atoms with E-state index in [4.69, 9.17) is 10.5 Å². The van der Waals surface area contributed by atoms with Crippen molar-refractivity contribution in [3.63, 3.8) is 0 Å². The molecule has 0 saturated carbocycles. The number of amides is 1. The van der Waals surface area contributed by atoms with Gasteiger partial charge in [0.1, 0.15) is 0 Å². The number of nitrogens with two attached hydrogens (primary N) is 1. The van der Waals surface area contributed by atoms with Gasteiger partial charge in [-0.1, -0.05) is 19.9 Å². The van der Waals surface area contributed by atoms with Gasteiger partial charge in [0.15, 0.2) is 0 Å². The largest absolute Gasteiger partial charge is 0.399 e. The summed E-state index contributed by atoms with van der Waals surface area (Å²) in [6.07, 6.45) is 1.06. The van der Waals surface area contributed by atoms with Gasteiger partial charge in [-0.3, -0.25) is 4.79 Å². The van der Waals surface area contributed by atoms with E-state index in [1.807, 2.05) is 24.0 Å². The number of nitrogen functional groups attached to an aromatic ring is 1. The van der Waals surface area contributed by atoms with Crippen molar-refractivity contribution in [2.75, 3.05) is 45.1 Å². The molecule has 1 saturated heterocycles. The van der Waals surface area contributed by atoms with Gasteiger partial charge in [0.2, 0.25) is 0 Å². The molecule has 1 aromatic carbocycles. The topological polar surface area (TPSA) is 58.8 Å². The number of likely N-dealkylation sites (N-methyl/N-ethyl adjacent to an activating group) is 1. The Kier molecular flexibility index (Phi) is 6.42. The van der Waals surface area contributed by atoms with E-state index in [0.29, 0.717) is 17.8 Å². The Hall–Kier alpha value is -1.59. The smallest absolute Gasteiger partial charge is 0.254 e. The maximum absolute atomic E-state index is 12.6. The lowest BCUT2D eigenvalue weighted by atomic mass is 10.1. The molecule has 1 fully saturated rings. The molecule has 1 atom stereocenters. The quantitative estimate of drug-likeness (QED) is 0.782. The van der Waals surface area contributed by atoms with Crippen molar-refractivity contribution in [1.29, 1.82) is 0 Å². The van der Waals surface area contributed by atoms with Crippen molar-refractivity contribution in [2.45, 2.75) is 33.3 Å². The molecule has 0 bridgehead atoms. The van der Waals surface area contributed by atoms with Crippen LogP contribution in [0.5, 0.6) is 0 Å². The zero-order chi connectivity index (χ0) is 16.8. The second kappa shape index (κ2) is 8.31. The first-order chi connectivity index (χ1) is 11.0. The molecule has 2 rings (SSSR count). The highest BCUT2D eigenvalue weighted by Gasteiger charge is 2.28. The van der Waals surface area contributed by atoms with Crippen LogP contribution >= 0.6 is 0 Å². The fraction of sp³-hybridized carbons (Fsp3) is 0.611. The predicted molar refractivity (Wildman–Crippen MR) is 93.6 cm³/mol. The van der Waals surface area contributed by atoms with Crippen molar-refractivity contribution in [2.24, 2.45) is 0 Å². The third kappa shape index (κ3) is 4.69. The lowest BCUT2D eigenvalue weighted by Gasteiger charge is -2.20. The third-order valence-electron chi connectivity index (χ3n) is 4.58. The number of anilines is 1. The molecule has 1 aliphatic rings. The first-order valence-corrected chi connectivity index (χ1v) is 8.54. The van der Waals surface area contributed by atoms with Crippen molar-refractivity contribution in [3.8, 4) is 0 Å². The average Bonchev–Trinajstić information content (AvgIpc) is 3.02. The van der Waals surface area contributed by atoms with Crippen molar-refractivity contribution in [3.05, 3.63) is 29.3 Å². The number of aryl methyl sites for hydroxylation is 1. The van der Waals surface area contributed by atoms with Crippen LogP contribution in [-0.4, -0.2) is 61.1 Å². The first-order valence-electron chi connectivity index (χ1n) is 8.54. The van der Waals surface area contributed by atoms with Crippen molar-refractivity contribution >= 4 is 11.6 Å². The van der Waals surface area contributed by atoms with Gasteiger partial charge in [-0.05, 0) is 44.1 Å². The summed E-state index contributed by atoms with van der Waals surface area (Å²) in [6, 6.07) is 5.50. The molecule has 0 radical (unpaired) electrons. The minimum absolute atomic E-state index is 0.0599. The molecule has 1 aromatic rings. The van der Waals surface area contributed by atoms with Crippen LogP contribution in [0.25, 0.3) is 0 Å². The van der Waals surface area contributed by atoms with Crippen LogP contribution < -0.4 is 5.73 Å². The number of ether oxygens (including phenoxy) is 1. The van der Waals surface area contributed by atoms with Gasteiger partial charge in [-0.25, -0.2) is 0 Å². The number of carbonyl (C=O) groups is 1. The Morgan fingerprint density at radius 3 is 2.83 bits per heavy atom. The van der Waals surface area contributed by atoms with E-state index in [9.17, 15) is 4.79 Å². The molecule has 1 amide bonds. The second-order valence-electron chi connectivity index (χ2n) is 6.13. The van der Waals surface area contributed by atoms with Crippen LogP contribution in [0.2, 0.25) is 0 Å². The highest BCUT2D eigenvalue weighted by atomic mass is 16.5. The maximum atomic E-state index is 12.6. The van der Waals surface area contributed by atoms with Gasteiger partial charge < -0.3 is 20.3 Å². The fourth-order valence-electron chi connectivity index (χ4n) is 2.98. The van der Waals surface area contributed by atoms with E-state index < -0.39 is 0 Å². The number of benzene rings is 1. The molecule has 2 N–H and O–H groups in total. The van der Waals surface area contributed by atoms with Gasteiger partial charge >= 0.3 is 0 Å². The number of hydrogen-bond acceptors (Lipinski definition) is 4. The average molecular weight is 319 g/mol. The molecular weight excluding hydrogens is 290 g/mol. The Morgan fingerprint density at radius 1 is 1.39 bits per heavy atom. The van der Waals surface area contributed by atoms with E-state index >= 15 is 0 Å². The summed E-state index contributed by atoms with van der Waals surface area (Å²) in [6.45, 7) is 11.5. The van der Waals surface area contributed by atoms with E-state index in [1.165, 1.54) is 0 Å². The van der Waals surface area contributed by atoms with E-state index in [-0.39, 0.29) is 12.0 Å². The number of rotatable bonds is 7. The number of hydrogen-bond donors (Lipinski definition) is 1. The number of likely N-dealkylation sites (tertiary alicyclic amines) is 1. The molecule has 1 heterocycles. The molecule has 128 valence electrons. The first kappa shape index (κ1) is 17.8. The SMILES string of the molecule is CCN(CC)CCOC1CCN(C(=O)c2cc(N)ccc2C)C1. The van der Waals surface area contributed by atoms with Crippen LogP contribution in [0, 0.1) is 6.92 Å². The summed E-state index contributed by atoms with van der Waals surface area (Å²) in [4.78, 5) is 16.9. The van der Waals surface area contributed by atoms with Gasteiger partial charge in [0, 0.05) is 30.9 Å². The number of carbonyl (C=O) groups excluding carboxylic acids is 1. The summed E-state index contributed by atoms with van der Waals surface area (Å²) in [5.41, 5.74) is 8.11. The standard InChI is InChI=1S/C18H29N3O2/c1-4-20(5-2)10-11-23-16-8-9-21(13-16)18(22)17-12-15(19)7-6-14(17)3/h6-7,12,16H,4-5,8-11,13,19H2,1-3H3. The second-order valence-corrected chi connectivity index (χ2v) is 6.13. The van der Waals surface area contributed by atoms with Crippen LogP contribution in [0.4, 0.5) is 5.69 Å². The van der Waals surface area contributed by atoms with Crippen molar-refractivity contribution < 1.29 is 9.53 Å². The van der Waals surface area contributed by atoms with Crippen LogP contribution in [0.1, 0.15) is 36.2 Å². The minimum atomic E-state index is 0.0599. The van der Waals surface area contributed by atoms with Gasteiger partial charge in [-0.2, -0.15) is 0 Å². The van der Waals surface area contributed by atoms with Gasteiger partial charge in [0.25, 0.3) is 5.91 Å². The Bertz CT molecular complexity index is 529. The highest BCUT2D eigenvalue weighted by molar-refractivity contribution is 5.96. The molecule has 5 nitrogen and oxygen atoms in total. The maximum Gasteiger partial charge on any atom is 0.254 e. The Balaban J connectivity index is 1.85. The zero-order valence-corrected chi connectivity index (χ0v) is 14.5. The normalized spacial score (nSPS) is 17.9. The monoisotopic (exact) mass is 319 g/mol. The van der Waals surface area contributed by atoms with Crippen LogP contribution in [0.3, 0.4) is 0 Å². The van der Waals surface area contributed by atoms with Crippen LogP contribution in [0.15, 0.2) is 18.2 Å². The zero-order valence-electron chi connectivity index (χ0n) is 14.5. The summed E-state index contributed by atoms with van der Waals surface area (Å²) >= 11 is 0. The van der Waals surface area contributed by atoms with Gasteiger partial charge in [0.05, 0.1) is 12.7 Å². The molecule has 23 heavy (non-hydrogen) atoms. The lowest BCUT2D eigenvalue weighted by Crippen LogP contribution is -2.32. The van der Waals surface area contributed by atoms with E-state index in [1.54, 1.807) is 6.07 Å². The number of nitrogens with zero attached hydrogens (tertiary/aromatic N) is 2. The fourth-order valence-corrected chi connectivity index (χ4v) is 2.98. The molecule has 5 heteroatoms. The van der Waals surface area contributed by atoms with E-state index in [0.717, 1.165) is 44.8 Å². The lowest BCUT2D eigenvalue weighted by molar-refractivity contribution is 0.0420. The highest BCUT2D eigenvalue weighted by Crippen LogP contribution is 2.19. The summed E-state index contributed by atoms with van der Waals surface area (Å²) < 4.78 is 5.95. The predicted octanol–water partition coefficient (Wildman–Crippen LogP) is 2.15. The molecule has 1 unspecified atom stereocenters. The molecular formula is C18H29N3O2. The van der Waals surface area contributed by atoms with E-state index in [2.05, 4.69) is 18.7 Å². The Morgan fingerprint density at radius 2 is 2.13 bits per heavy atom. The van der Waals surface area contributed by atoms with Crippen LogP contribution in [-0.2, 0) is 4.74 Å².